The van der Waals surface area contributed by atoms with E-state index in [9.17, 15) is 4.79 Å². The molecule has 3 aromatic rings. The number of carbonyl (C=O) groups is 1. The molecule has 146 valence electrons. The van der Waals surface area contributed by atoms with Gasteiger partial charge in [0.1, 0.15) is 5.69 Å². The zero-order valence-corrected chi connectivity index (χ0v) is 16.4. The number of nitrogens with zero attached hydrogens (tertiary/aromatic N) is 1. The van der Waals surface area contributed by atoms with E-state index in [4.69, 9.17) is 18.9 Å². The summed E-state index contributed by atoms with van der Waals surface area (Å²) in [7, 11) is 4.51. The number of rotatable bonds is 7. The van der Waals surface area contributed by atoms with Crippen LogP contribution in [0.5, 0.6) is 11.5 Å². The minimum absolute atomic E-state index is 0.207. The number of esters is 1. The fourth-order valence-corrected chi connectivity index (χ4v) is 3.19. The standard InChI is InChI=1S/C22H23NO5/c1-14-10-16-11-17(22(24)27-4)23-18(19(16)21(26-3)20(14)25-2)13-28-12-15-8-6-5-7-9-15/h5-11H,12-13H2,1-4H3. The molecule has 0 saturated carbocycles. The molecule has 3 rings (SSSR count). The van der Waals surface area contributed by atoms with E-state index in [1.807, 2.05) is 43.3 Å². The summed E-state index contributed by atoms with van der Waals surface area (Å²) >= 11 is 0. The van der Waals surface area contributed by atoms with Gasteiger partial charge in [0.05, 0.1) is 45.6 Å². The first-order valence-corrected chi connectivity index (χ1v) is 8.84. The Hall–Kier alpha value is -3.12. The minimum Gasteiger partial charge on any atom is -0.493 e. The molecule has 1 heterocycles. The van der Waals surface area contributed by atoms with E-state index in [0.29, 0.717) is 23.8 Å². The highest BCUT2D eigenvalue weighted by Crippen LogP contribution is 2.40. The van der Waals surface area contributed by atoms with Gasteiger partial charge in [0.15, 0.2) is 11.5 Å². The van der Waals surface area contributed by atoms with Gasteiger partial charge in [-0.25, -0.2) is 9.78 Å². The summed E-state index contributed by atoms with van der Waals surface area (Å²) in [6.45, 7) is 2.56. The quantitative estimate of drug-likeness (QED) is 0.575. The largest absolute Gasteiger partial charge is 0.493 e. The molecule has 6 heteroatoms. The normalized spacial score (nSPS) is 10.7. The molecule has 0 aliphatic heterocycles. The first-order chi connectivity index (χ1) is 13.6. The second-order valence-corrected chi connectivity index (χ2v) is 6.28. The van der Waals surface area contributed by atoms with Crippen molar-refractivity contribution in [2.24, 2.45) is 0 Å². The Balaban J connectivity index is 2.07. The van der Waals surface area contributed by atoms with Crippen LogP contribution in [0.1, 0.15) is 27.3 Å². The SMILES string of the molecule is COC(=O)c1cc2cc(C)c(OC)c(OC)c2c(COCc2ccccc2)n1. The van der Waals surface area contributed by atoms with Crippen LogP contribution in [-0.4, -0.2) is 32.3 Å². The molecule has 0 spiro atoms. The van der Waals surface area contributed by atoms with Crippen LogP contribution < -0.4 is 9.47 Å². The fourth-order valence-electron chi connectivity index (χ4n) is 3.19. The maximum Gasteiger partial charge on any atom is 0.356 e. The molecule has 0 saturated heterocycles. The Morgan fingerprint density at radius 1 is 0.964 bits per heavy atom. The monoisotopic (exact) mass is 381 g/mol. The molecule has 0 N–H and O–H groups in total. The highest BCUT2D eigenvalue weighted by atomic mass is 16.5. The molecule has 2 aromatic carbocycles. The van der Waals surface area contributed by atoms with Crippen LogP contribution in [0.3, 0.4) is 0 Å². The maximum absolute atomic E-state index is 12.1. The van der Waals surface area contributed by atoms with Gasteiger partial charge in [0, 0.05) is 0 Å². The fraction of sp³-hybridized carbons (Fsp3) is 0.273. The summed E-state index contributed by atoms with van der Waals surface area (Å²) in [5.41, 5.74) is 2.75. The lowest BCUT2D eigenvalue weighted by Gasteiger charge is -2.17. The van der Waals surface area contributed by atoms with E-state index in [2.05, 4.69) is 4.98 Å². The molecule has 0 bridgehead atoms. The van der Waals surface area contributed by atoms with Gasteiger partial charge in [-0.2, -0.15) is 0 Å². The number of pyridine rings is 1. The Morgan fingerprint density at radius 2 is 1.68 bits per heavy atom. The molecule has 28 heavy (non-hydrogen) atoms. The van der Waals surface area contributed by atoms with Crippen LogP contribution in [0.2, 0.25) is 0 Å². The van der Waals surface area contributed by atoms with Crippen molar-refractivity contribution in [3.05, 3.63) is 65.0 Å². The molecule has 0 unspecified atom stereocenters. The van der Waals surface area contributed by atoms with Crippen molar-refractivity contribution in [3.63, 3.8) is 0 Å². The molecule has 0 aliphatic carbocycles. The van der Waals surface area contributed by atoms with Gasteiger partial charge < -0.3 is 18.9 Å². The van der Waals surface area contributed by atoms with Gasteiger partial charge in [0.2, 0.25) is 0 Å². The summed E-state index contributed by atoms with van der Waals surface area (Å²) in [6.07, 6.45) is 0. The number of aryl methyl sites for hydroxylation is 1. The van der Waals surface area contributed by atoms with Gasteiger partial charge in [-0.1, -0.05) is 30.3 Å². The van der Waals surface area contributed by atoms with Crippen molar-refractivity contribution in [1.82, 2.24) is 4.98 Å². The third kappa shape index (κ3) is 3.92. The van der Waals surface area contributed by atoms with Gasteiger partial charge in [-0.05, 0) is 35.6 Å². The lowest BCUT2D eigenvalue weighted by Crippen LogP contribution is -2.09. The molecule has 0 atom stereocenters. The minimum atomic E-state index is -0.501. The molecule has 0 radical (unpaired) electrons. The molecule has 0 aliphatic rings. The van der Waals surface area contributed by atoms with Crippen LogP contribution in [0.25, 0.3) is 10.8 Å². The average molecular weight is 381 g/mol. The Morgan fingerprint density at radius 3 is 2.32 bits per heavy atom. The topological polar surface area (TPSA) is 66.9 Å². The predicted octanol–water partition coefficient (Wildman–Crippen LogP) is 4.06. The van der Waals surface area contributed by atoms with Gasteiger partial charge in [-0.3, -0.25) is 0 Å². The van der Waals surface area contributed by atoms with Crippen molar-refractivity contribution in [2.75, 3.05) is 21.3 Å². The van der Waals surface area contributed by atoms with E-state index >= 15 is 0 Å². The van der Waals surface area contributed by atoms with Crippen LogP contribution in [-0.2, 0) is 22.7 Å². The molecule has 1 aromatic heterocycles. The zero-order chi connectivity index (χ0) is 20.1. The van der Waals surface area contributed by atoms with Gasteiger partial charge in [0.25, 0.3) is 0 Å². The lowest BCUT2D eigenvalue weighted by atomic mass is 10.0. The van der Waals surface area contributed by atoms with Crippen LogP contribution in [0.4, 0.5) is 0 Å². The molecule has 0 fully saturated rings. The number of ether oxygens (including phenoxy) is 4. The first-order valence-electron chi connectivity index (χ1n) is 8.84. The zero-order valence-electron chi connectivity index (χ0n) is 16.4. The average Bonchev–Trinajstić information content (AvgIpc) is 2.72. The predicted molar refractivity (Wildman–Crippen MR) is 106 cm³/mol. The highest BCUT2D eigenvalue weighted by Gasteiger charge is 2.20. The summed E-state index contributed by atoms with van der Waals surface area (Å²) in [5, 5.41) is 1.56. The number of hydrogen-bond donors (Lipinski definition) is 0. The second-order valence-electron chi connectivity index (χ2n) is 6.28. The van der Waals surface area contributed by atoms with E-state index in [0.717, 1.165) is 21.9 Å². The van der Waals surface area contributed by atoms with Crippen LogP contribution in [0, 0.1) is 6.92 Å². The number of aromatic nitrogens is 1. The van der Waals surface area contributed by atoms with Crippen molar-refractivity contribution >= 4 is 16.7 Å². The first kappa shape index (κ1) is 19.6. The Bertz CT molecular complexity index is 985. The van der Waals surface area contributed by atoms with Crippen molar-refractivity contribution in [3.8, 4) is 11.5 Å². The van der Waals surface area contributed by atoms with Crippen molar-refractivity contribution in [2.45, 2.75) is 20.1 Å². The molecule has 0 amide bonds. The summed E-state index contributed by atoms with van der Waals surface area (Å²) in [5.74, 6) is 0.699. The van der Waals surface area contributed by atoms with Crippen molar-refractivity contribution < 1.29 is 23.7 Å². The van der Waals surface area contributed by atoms with Gasteiger partial charge in [-0.15, -0.1) is 0 Å². The van der Waals surface area contributed by atoms with E-state index in [-0.39, 0.29) is 12.3 Å². The number of benzene rings is 2. The molecule has 6 nitrogen and oxygen atoms in total. The molecular formula is C22H23NO5. The highest BCUT2D eigenvalue weighted by molar-refractivity contribution is 5.98. The maximum atomic E-state index is 12.1. The smallest absolute Gasteiger partial charge is 0.356 e. The number of hydrogen-bond acceptors (Lipinski definition) is 6. The second kappa shape index (κ2) is 8.71. The third-order valence-corrected chi connectivity index (χ3v) is 4.44. The number of carbonyl (C=O) groups excluding carboxylic acids is 1. The van der Waals surface area contributed by atoms with Crippen LogP contribution in [0.15, 0.2) is 42.5 Å². The summed E-state index contributed by atoms with van der Waals surface area (Å²) < 4.78 is 21.9. The molecular weight excluding hydrogens is 358 g/mol. The van der Waals surface area contributed by atoms with Crippen molar-refractivity contribution in [1.29, 1.82) is 0 Å². The van der Waals surface area contributed by atoms with E-state index in [1.54, 1.807) is 20.3 Å². The summed E-state index contributed by atoms with van der Waals surface area (Å²) in [4.78, 5) is 16.6. The Kier molecular flexibility index (Phi) is 6.11. The Labute approximate surface area is 164 Å². The number of methoxy groups -OCH3 is 3. The van der Waals surface area contributed by atoms with E-state index in [1.165, 1.54) is 7.11 Å². The third-order valence-electron chi connectivity index (χ3n) is 4.44. The van der Waals surface area contributed by atoms with Gasteiger partial charge >= 0.3 is 5.97 Å². The van der Waals surface area contributed by atoms with Crippen LogP contribution >= 0.6 is 0 Å². The lowest BCUT2D eigenvalue weighted by molar-refractivity contribution is 0.0592. The van der Waals surface area contributed by atoms with E-state index < -0.39 is 5.97 Å². The number of fused-ring (bicyclic) bond motifs is 1. The summed E-state index contributed by atoms with van der Waals surface area (Å²) in [6, 6.07) is 13.5.